The number of aryl methyl sites for hydroxylation is 1. The van der Waals surface area contributed by atoms with Crippen LogP contribution in [0.1, 0.15) is 22.9 Å². The van der Waals surface area contributed by atoms with E-state index in [1.54, 1.807) is 6.20 Å². The predicted molar refractivity (Wildman–Crippen MR) is 110 cm³/mol. The van der Waals surface area contributed by atoms with Gasteiger partial charge < -0.3 is 9.73 Å². The van der Waals surface area contributed by atoms with Crippen LogP contribution in [0.4, 0.5) is 5.69 Å². The van der Waals surface area contributed by atoms with Crippen LogP contribution >= 0.6 is 0 Å². The van der Waals surface area contributed by atoms with Crippen LogP contribution in [0, 0.1) is 6.92 Å². The van der Waals surface area contributed by atoms with Gasteiger partial charge in [-0.1, -0.05) is 60.7 Å². The number of amides is 1. The highest BCUT2D eigenvalue weighted by Gasteiger charge is 2.22. The number of oxazole rings is 1. The first-order valence-electron chi connectivity index (χ1n) is 9.14. The number of carbonyl (C=O) groups is 1. The molecule has 0 bridgehead atoms. The third-order valence-electron chi connectivity index (χ3n) is 4.59. The van der Waals surface area contributed by atoms with E-state index in [0.29, 0.717) is 11.7 Å². The Bertz CT molecular complexity index is 1020. The maximum absolute atomic E-state index is 13.1. The summed E-state index contributed by atoms with van der Waals surface area (Å²) in [5, 5.41) is 3.04. The topological polar surface area (TPSA) is 55.1 Å². The van der Waals surface area contributed by atoms with Gasteiger partial charge in [-0.3, -0.25) is 4.79 Å². The number of aromatic nitrogens is 1. The fourth-order valence-electron chi connectivity index (χ4n) is 3.21. The summed E-state index contributed by atoms with van der Waals surface area (Å²) in [6.07, 6.45) is 1.70. The number of hydrogen-bond acceptors (Lipinski definition) is 3. The zero-order valence-corrected chi connectivity index (χ0v) is 15.5. The highest BCUT2D eigenvalue weighted by molar-refractivity contribution is 5.98. The third kappa shape index (κ3) is 3.86. The van der Waals surface area contributed by atoms with E-state index in [4.69, 9.17) is 4.42 Å². The molecule has 0 saturated carbocycles. The molecule has 0 saturated heterocycles. The molecule has 4 aromatic rings. The highest BCUT2D eigenvalue weighted by Crippen LogP contribution is 2.27. The standard InChI is InChI=1S/C24H20N2O2/c1-17-25-16-22(28-17)18-12-14-21(15-13-18)26-24(27)23(19-8-4-2-5-9-19)20-10-6-3-7-11-20/h2-16,23H,1H3,(H,26,27). The molecular formula is C24H20N2O2. The summed E-state index contributed by atoms with van der Waals surface area (Å²) in [4.78, 5) is 17.2. The molecule has 0 aliphatic heterocycles. The van der Waals surface area contributed by atoms with E-state index in [2.05, 4.69) is 10.3 Å². The summed E-state index contributed by atoms with van der Waals surface area (Å²) in [6, 6.07) is 27.2. The number of hydrogen-bond donors (Lipinski definition) is 1. The maximum atomic E-state index is 13.1. The minimum atomic E-state index is -0.376. The molecule has 0 aliphatic carbocycles. The van der Waals surface area contributed by atoms with Gasteiger partial charge in [-0.25, -0.2) is 4.98 Å². The lowest BCUT2D eigenvalue weighted by atomic mass is 9.90. The van der Waals surface area contributed by atoms with Crippen molar-refractivity contribution in [2.45, 2.75) is 12.8 Å². The van der Waals surface area contributed by atoms with E-state index in [0.717, 1.165) is 22.4 Å². The average Bonchev–Trinajstić information content (AvgIpc) is 3.17. The molecule has 1 amide bonds. The lowest BCUT2D eigenvalue weighted by Gasteiger charge is -2.18. The first kappa shape index (κ1) is 17.7. The SMILES string of the molecule is Cc1ncc(-c2ccc(NC(=O)C(c3ccccc3)c3ccccc3)cc2)o1. The van der Waals surface area contributed by atoms with Gasteiger partial charge in [0.15, 0.2) is 11.7 Å². The zero-order chi connectivity index (χ0) is 19.3. The molecule has 0 unspecified atom stereocenters. The summed E-state index contributed by atoms with van der Waals surface area (Å²) >= 11 is 0. The van der Waals surface area contributed by atoms with Gasteiger partial charge >= 0.3 is 0 Å². The molecule has 4 nitrogen and oxygen atoms in total. The van der Waals surface area contributed by atoms with E-state index in [1.807, 2.05) is 91.9 Å². The Labute approximate surface area is 163 Å². The van der Waals surface area contributed by atoms with Crippen molar-refractivity contribution < 1.29 is 9.21 Å². The minimum Gasteiger partial charge on any atom is -0.441 e. The van der Waals surface area contributed by atoms with Gasteiger partial charge in [0, 0.05) is 18.2 Å². The Morgan fingerprint density at radius 2 is 1.43 bits per heavy atom. The van der Waals surface area contributed by atoms with Crippen LogP contribution in [-0.4, -0.2) is 10.9 Å². The maximum Gasteiger partial charge on any atom is 0.236 e. The van der Waals surface area contributed by atoms with Crippen molar-refractivity contribution in [2.24, 2.45) is 0 Å². The molecule has 4 heteroatoms. The predicted octanol–water partition coefficient (Wildman–Crippen LogP) is 5.42. The van der Waals surface area contributed by atoms with Crippen molar-refractivity contribution in [3.8, 4) is 11.3 Å². The largest absolute Gasteiger partial charge is 0.441 e. The van der Waals surface area contributed by atoms with Gasteiger partial charge in [-0.05, 0) is 35.4 Å². The van der Waals surface area contributed by atoms with E-state index in [1.165, 1.54) is 0 Å². The molecule has 1 N–H and O–H groups in total. The Kier molecular flexibility index (Phi) is 5.02. The van der Waals surface area contributed by atoms with E-state index in [-0.39, 0.29) is 11.8 Å². The van der Waals surface area contributed by atoms with Gasteiger partial charge in [0.25, 0.3) is 0 Å². The van der Waals surface area contributed by atoms with Crippen LogP contribution in [0.5, 0.6) is 0 Å². The molecule has 0 aliphatic rings. The molecule has 0 atom stereocenters. The van der Waals surface area contributed by atoms with Gasteiger partial charge in [-0.2, -0.15) is 0 Å². The van der Waals surface area contributed by atoms with E-state index in [9.17, 15) is 4.79 Å². The minimum absolute atomic E-state index is 0.0688. The zero-order valence-electron chi connectivity index (χ0n) is 15.5. The number of rotatable bonds is 5. The molecule has 0 fully saturated rings. The Morgan fingerprint density at radius 1 is 0.857 bits per heavy atom. The van der Waals surface area contributed by atoms with Gasteiger partial charge in [-0.15, -0.1) is 0 Å². The quantitative estimate of drug-likeness (QED) is 0.512. The molecule has 28 heavy (non-hydrogen) atoms. The monoisotopic (exact) mass is 368 g/mol. The van der Waals surface area contributed by atoms with E-state index >= 15 is 0 Å². The summed E-state index contributed by atoms with van der Waals surface area (Å²) in [5.41, 5.74) is 3.57. The first-order valence-corrected chi connectivity index (χ1v) is 9.14. The van der Waals surface area contributed by atoms with Crippen molar-refractivity contribution in [1.29, 1.82) is 0 Å². The molecule has 0 spiro atoms. The summed E-state index contributed by atoms with van der Waals surface area (Å²) in [6.45, 7) is 1.81. The second-order valence-electron chi connectivity index (χ2n) is 6.56. The van der Waals surface area contributed by atoms with Crippen LogP contribution in [0.2, 0.25) is 0 Å². The smallest absolute Gasteiger partial charge is 0.236 e. The van der Waals surface area contributed by atoms with Crippen LogP contribution < -0.4 is 5.32 Å². The normalized spacial score (nSPS) is 10.8. The third-order valence-corrected chi connectivity index (χ3v) is 4.59. The summed E-state index contributed by atoms with van der Waals surface area (Å²) in [7, 11) is 0. The number of anilines is 1. The molecule has 1 heterocycles. The Balaban J connectivity index is 1.58. The lowest BCUT2D eigenvalue weighted by Crippen LogP contribution is -2.22. The van der Waals surface area contributed by atoms with Crippen LogP contribution in [0.3, 0.4) is 0 Å². The summed E-state index contributed by atoms with van der Waals surface area (Å²) < 4.78 is 5.55. The molecular weight excluding hydrogens is 348 g/mol. The van der Waals surface area contributed by atoms with Crippen LogP contribution in [0.25, 0.3) is 11.3 Å². The molecule has 3 aromatic carbocycles. The van der Waals surface area contributed by atoms with Gasteiger partial charge in [0.2, 0.25) is 5.91 Å². The van der Waals surface area contributed by atoms with Crippen molar-refractivity contribution in [2.75, 3.05) is 5.32 Å². The van der Waals surface area contributed by atoms with Gasteiger partial charge in [0.05, 0.1) is 12.1 Å². The molecule has 1 aromatic heterocycles. The Hall–Kier alpha value is -3.66. The summed E-state index contributed by atoms with van der Waals surface area (Å²) in [5.74, 6) is 0.891. The highest BCUT2D eigenvalue weighted by atomic mass is 16.4. The van der Waals surface area contributed by atoms with Crippen molar-refractivity contribution in [3.05, 3.63) is 108 Å². The van der Waals surface area contributed by atoms with Gasteiger partial charge in [0.1, 0.15) is 0 Å². The van der Waals surface area contributed by atoms with E-state index < -0.39 is 0 Å². The Morgan fingerprint density at radius 3 is 1.93 bits per heavy atom. The molecule has 138 valence electrons. The average molecular weight is 368 g/mol. The second-order valence-corrected chi connectivity index (χ2v) is 6.56. The fraction of sp³-hybridized carbons (Fsp3) is 0.0833. The number of nitrogens with zero attached hydrogens (tertiary/aromatic N) is 1. The number of carbonyl (C=O) groups excluding carboxylic acids is 1. The first-order chi connectivity index (χ1) is 13.7. The molecule has 4 rings (SSSR count). The van der Waals surface area contributed by atoms with Crippen molar-refractivity contribution in [1.82, 2.24) is 4.98 Å². The molecule has 0 radical (unpaired) electrons. The number of nitrogens with one attached hydrogen (secondary N) is 1. The van der Waals surface area contributed by atoms with Crippen LogP contribution in [-0.2, 0) is 4.79 Å². The lowest BCUT2D eigenvalue weighted by molar-refractivity contribution is -0.116. The number of benzene rings is 3. The van der Waals surface area contributed by atoms with Crippen LogP contribution in [0.15, 0.2) is 95.5 Å². The van der Waals surface area contributed by atoms with Crippen molar-refractivity contribution in [3.63, 3.8) is 0 Å². The fourth-order valence-corrected chi connectivity index (χ4v) is 3.21. The second kappa shape index (κ2) is 7.92. The van der Waals surface area contributed by atoms with Crippen molar-refractivity contribution >= 4 is 11.6 Å².